The molecule has 2 aromatic carbocycles. The number of hydrogen-bond acceptors (Lipinski definition) is 6. The molecule has 3 heterocycles. The lowest BCUT2D eigenvalue weighted by Crippen LogP contribution is -2.40. The van der Waals surface area contributed by atoms with Crippen molar-refractivity contribution in [2.75, 3.05) is 24.5 Å². The van der Waals surface area contributed by atoms with Crippen LogP contribution < -0.4 is 4.90 Å². The van der Waals surface area contributed by atoms with Crippen molar-refractivity contribution in [1.82, 2.24) is 24.8 Å². The van der Waals surface area contributed by atoms with Crippen LogP contribution in [0.25, 0.3) is 22.5 Å². The largest absolute Gasteiger partial charge is 0.339 e. The number of aromatic nitrogens is 4. The number of amides is 1. The SMILES string of the molecule is Cc1ccc(-c2ncccn2)c(C(=O)N2CCN(c3ncc(-c4ccc(F)cc4)cn3)CCC2C)c1. The molecule has 2 aromatic heterocycles. The van der Waals surface area contributed by atoms with E-state index >= 15 is 0 Å². The van der Waals surface area contributed by atoms with E-state index in [1.165, 1.54) is 12.1 Å². The Labute approximate surface area is 209 Å². The topological polar surface area (TPSA) is 75.1 Å². The second-order valence-electron chi connectivity index (χ2n) is 9.02. The van der Waals surface area contributed by atoms with Crippen LogP contribution in [0.5, 0.6) is 0 Å². The Morgan fingerprint density at radius 1 is 0.917 bits per heavy atom. The summed E-state index contributed by atoms with van der Waals surface area (Å²) in [6, 6.07) is 13.9. The first-order valence-electron chi connectivity index (χ1n) is 12.0. The highest BCUT2D eigenvalue weighted by Crippen LogP contribution is 2.26. The van der Waals surface area contributed by atoms with Crippen LogP contribution in [-0.2, 0) is 0 Å². The van der Waals surface area contributed by atoms with E-state index in [2.05, 4.69) is 31.8 Å². The van der Waals surface area contributed by atoms with Gasteiger partial charge in [0.2, 0.25) is 5.95 Å². The molecule has 0 N–H and O–H groups in total. The average Bonchev–Trinajstić information content (AvgIpc) is 3.11. The highest BCUT2D eigenvalue weighted by Gasteiger charge is 2.28. The van der Waals surface area contributed by atoms with Crippen LogP contribution in [0.3, 0.4) is 0 Å². The molecule has 5 rings (SSSR count). The maximum atomic E-state index is 13.8. The van der Waals surface area contributed by atoms with Gasteiger partial charge in [-0.2, -0.15) is 0 Å². The van der Waals surface area contributed by atoms with Crippen molar-refractivity contribution in [1.29, 1.82) is 0 Å². The van der Waals surface area contributed by atoms with Gasteiger partial charge in [-0.05, 0) is 50.1 Å². The van der Waals surface area contributed by atoms with Gasteiger partial charge in [0.25, 0.3) is 5.91 Å². The molecular weight excluding hydrogens is 455 g/mol. The summed E-state index contributed by atoms with van der Waals surface area (Å²) in [4.78, 5) is 35.7. The first-order chi connectivity index (χ1) is 17.5. The average molecular weight is 483 g/mol. The Bertz CT molecular complexity index is 1350. The fourth-order valence-electron chi connectivity index (χ4n) is 4.46. The molecule has 0 bridgehead atoms. The quantitative estimate of drug-likeness (QED) is 0.416. The second kappa shape index (κ2) is 10.2. The third kappa shape index (κ3) is 4.93. The molecule has 36 heavy (non-hydrogen) atoms. The normalized spacial score (nSPS) is 16.0. The zero-order valence-electron chi connectivity index (χ0n) is 20.3. The molecule has 0 radical (unpaired) electrons. The van der Waals surface area contributed by atoms with Gasteiger partial charge in [-0.3, -0.25) is 4.79 Å². The summed E-state index contributed by atoms with van der Waals surface area (Å²) >= 11 is 0. The number of aryl methyl sites for hydroxylation is 1. The molecule has 7 nitrogen and oxygen atoms in total. The van der Waals surface area contributed by atoms with Crippen LogP contribution >= 0.6 is 0 Å². The van der Waals surface area contributed by atoms with Crippen LogP contribution in [0, 0.1) is 12.7 Å². The molecule has 8 heteroatoms. The van der Waals surface area contributed by atoms with Crippen molar-refractivity contribution in [2.24, 2.45) is 0 Å². The summed E-state index contributed by atoms with van der Waals surface area (Å²) in [6.07, 6.45) is 7.67. The molecule has 1 fully saturated rings. The molecule has 0 spiro atoms. The first-order valence-corrected chi connectivity index (χ1v) is 12.0. The number of nitrogens with zero attached hydrogens (tertiary/aromatic N) is 6. The molecule has 182 valence electrons. The Balaban J connectivity index is 1.34. The Morgan fingerprint density at radius 2 is 1.64 bits per heavy atom. The number of carbonyl (C=O) groups excluding carboxylic acids is 1. The van der Waals surface area contributed by atoms with Crippen LogP contribution in [0.2, 0.25) is 0 Å². The van der Waals surface area contributed by atoms with Crippen molar-refractivity contribution in [3.63, 3.8) is 0 Å². The molecular formula is C28H27FN6O. The van der Waals surface area contributed by atoms with Crippen molar-refractivity contribution in [3.8, 4) is 22.5 Å². The molecule has 1 aliphatic heterocycles. The van der Waals surface area contributed by atoms with Gasteiger partial charge in [0, 0.05) is 61.6 Å². The fraction of sp³-hybridized carbons (Fsp3) is 0.250. The number of benzene rings is 2. The van der Waals surface area contributed by atoms with Gasteiger partial charge in [-0.25, -0.2) is 24.3 Å². The van der Waals surface area contributed by atoms with E-state index in [-0.39, 0.29) is 17.8 Å². The van der Waals surface area contributed by atoms with Crippen LogP contribution in [-0.4, -0.2) is 56.4 Å². The molecule has 1 saturated heterocycles. The number of rotatable bonds is 4. The lowest BCUT2D eigenvalue weighted by molar-refractivity contribution is 0.0706. The standard InChI is InChI=1S/C28H27FN6O/c1-19-4-9-24(26-30-11-3-12-31-26)25(16-19)27(36)35-15-14-34(13-10-20(35)2)28-32-17-22(18-33-28)21-5-7-23(29)8-6-21/h3-9,11-12,16-18,20H,10,13-15H2,1-2H3. The van der Waals surface area contributed by atoms with Crippen LogP contribution in [0.15, 0.2) is 73.3 Å². The summed E-state index contributed by atoms with van der Waals surface area (Å²) < 4.78 is 13.2. The van der Waals surface area contributed by atoms with E-state index < -0.39 is 0 Å². The summed E-state index contributed by atoms with van der Waals surface area (Å²) in [7, 11) is 0. The minimum absolute atomic E-state index is 0.0249. The molecule has 0 saturated carbocycles. The van der Waals surface area contributed by atoms with E-state index in [4.69, 9.17) is 0 Å². The molecule has 1 unspecified atom stereocenters. The van der Waals surface area contributed by atoms with Crippen molar-refractivity contribution in [2.45, 2.75) is 26.3 Å². The van der Waals surface area contributed by atoms with E-state index in [0.717, 1.165) is 35.2 Å². The predicted molar refractivity (Wildman–Crippen MR) is 137 cm³/mol. The lowest BCUT2D eigenvalue weighted by Gasteiger charge is -2.27. The van der Waals surface area contributed by atoms with Gasteiger partial charge >= 0.3 is 0 Å². The fourth-order valence-corrected chi connectivity index (χ4v) is 4.46. The third-order valence-corrected chi connectivity index (χ3v) is 6.53. The number of hydrogen-bond donors (Lipinski definition) is 0. The number of halogens is 1. The maximum absolute atomic E-state index is 13.8. The minimum atomic E-state index is -0.275. The zero-order chi connectivity index (χ0) is 25.1. The van der Waals surface area contributed by atoms with E-state index in [1.54, 1.807) is 43.0 Å². The van der Waals surface area contributed by atoms with Crippen LogP contribution in [0.1, 0.15) is 29.3 Å². The highest BCUT2D eigenvalue weighted by atomic mass is 19.1. The van der Waals surface area contributed by atoms with Gasteiger partial charge in [-0.1, -0.05) is 29.8 Å². The molecule has 1 amide bonds. The van der Waals surface area contributed by atoms with Gasteiger partial charge in [0.1, 0.15) is 5.82 Å². The van der Waals surface area contributed by atoms with Crippen LogP contribution in [0.4, 0.5) is 10.3 Å². The summed E-state index contributed by atoms with van der Waals surface area (Å²) in [6.45, 7) is 5.96. The van der Waals surface area contributed by atoms with Crippen molar-refractivity contribution >= 4 is 11.9 Å². The highest BCUT2D eigenvalue weighted by molar-refractivity contribution is 6.00. The number of anilines is 1. The van der Waals surface area contributed by atoms with Crippen molar-refractivity contribution < 1.29 is 9.18 Å². The smallest absolute Gasteiger partial charge is 0.254 e. The van der Waals surface area contributed by atoms with E-state index in [0.29, 0.717) is 30.4 Å². The zero-order valence-corrected chi connectivity index (χ0v) is 20.3. The van der Waals surface area contributed by atoms with Gasteiger partial charge in [0.05, 0.1) is 5.56 Å². The van der Waals surface area contributed by atoms with Crippen molar-refractivity contribution in [3.05, 3.63) is 90.3 Å². The maximum Gasteiger partial charge on any atom is 0.254 e. The Hall–Kier alpha value is -4.20. The Kier molecular flexibility index (Phi) is 6.66. The minimum Gasteiger partial charge on any atom is -0.339 e. The lowest BCUT2D eigenvalue weighted by atomic mass is 10.0. The number of carbonyl (C=O) groups is 1. The third-order valence-electron chi connectivity index (χ3n) is 6.53. The monoisotopic (exact) mass is 482 g/mol. The predicted octanol–water partition coefficient (Wildman–Crippen LogP) is 4.79. The summed E-state index contributed by atoms with van der Waals surface area (Å²) in [5, 5.41) is 0. The summed E-state index contributed by atoms with van der Waals surface area (Å²) in [5.74, 6) is 0.863. The van der Waals surface area contributed by atoms with E-state index in [9.17, 15) is 9.18 Å². The molecule has 1 atom stereocenters. The molecule has 4 aromatic rings. The molecule has 1 aliphatic rings. The van der Waals surface area contributed by atoms with E-state index in [1.807, 2.05) is 30.0 Å². The summed E-state index contributed by atoms with van der Waals surface area (Å²) in [5.41, 5.74) is 4.05. The van der Waals surface area contributed by atoms with Gasteiger partial charge in [-0.15, -0.1) is 0 Å². The first kappa shape index (κ1) is 23.5. The molecule has 0 aliphatic carbocycles. The second-order valence-corrected chi connectivity index (χ2v) is 9.02. The van der Waals surface area contributed by atoms with Gasteiger partial charge < -0.3 is 9.80 Å². The Morgan fingerprint density at radius 3 is 2.36 bits per heavy atom. The van der Waals surface area contributed by atoms with Gasteiger partial charge in [0.15, 0.2) is 5.82 Å².